The van der Waals surface area contributed by atoms with Gasteiger partial charge in [0, 0.05) is 25.6 Å². The maximum atomic E-state index is 11.7. The van der Waals surface area contributed by atoms with Crippen LogP contribution in [0.3, 0.4) is 0 Å². The highest BCUT2D eigenvalue weighted by Gasteiger charge is 2.17. The second kappa shape index (κ2) is 8.50. The van der Waals surface area contributed by atoms with Crippen LogP contribution in [0.15, 0.2) is 0 Å². The van der Waals surface area contributed by atoms with Gasteiger partial charge in [0.05, 0.1) is 5.75 Å². The molecule has 0 aromatic rings. The Balaban J connectivity index is 2.18. The molecule has 1 saturated heterocycles. The largest absolute Gasteiger partial charge is 0.356 e. The summed E-state index contributed by atoms with van der Waals surface area (Å²) in [6, 6.07) is 0.314. The number of rotatable bonds is 8. The molecule has 1 aliphatic rings. The Kier molecular flexibility index (Phi) is 7.33. The lowest BCUT2D eigenvalue weighted by atomic mass is 10.0. The van der Waals surface area contributed by atoms with E-state index in [0.717, 1.165) is 13.0 Å². The Morgan fingerprint density at radius 2 is 2.16 bits per heavy atom. The third kappa shape index (κ3) is 7.49. The van der Waals surface area contributed by atoms with Crippen LogP contribution in [-0.2, 0) is 14.8 Å². The summed E-state index contributed by atoms with van der Waals surface area (Å²) in [5.74, 6) is -0.000727. The van der Waals surface area contributed by atoms with Crippen molar-refractivity contribution in [3.8, 4) is 0 Å². The Labute approximate surface area is 115 Å². The van der Waals surface area contributed by atoms with Crippen LogP contribution in [0.1, 0.15) is 39.0 Å². The van der Waals surface area contributed by atoms with Gasteiger partial charge in [0.15, 0.2) is 0 Å². The monoisotopic (exact) mass is 291 g/mol. The Bertz CT molecular complexity index is 364. The minimum Gasteiger partial charge on any atom is -0.356 e. The number of hydrogen-bond donors (Lipinski definition) is 3. The van der Waals surface area contributed by atoms with Crippen LogP contribution in [0.4, 0.5) is 0 Å². The van der Waals surface area contributed by atoms with Gasteiger partial charge in [-0.15, -0.1) is 0 Å². The molecule has 0 saturated carbocycles. The number of carbonyl (C=O) groups excluding carboxylic acids is 1. The molecule has 0 aromatic carbocycles. The van der Waals surface area contributed by atoms with E-state index in [1.807, 2.05) is 6.92 Å². The lowest BCUT2D eigenvalue weighted by Crippen LogP contribution is -2.37. The number of sulfonamides is 1. The van der Waals surface area contributed by atoms with Crippen LogP contribution in [0, 0.1) is 0 Å². The SMILES string of the molecule is CCNC(=O)CCNS(=O)(=O)CCC1CCCCN1. The van der Waals surface area contributed by atoms with E-state index in [0.29, 0.717) is 19.0 Å². The number of carbonyl (C=O) groups is 1. The molecule has 3 N–H and O–H groups in total. The summed E-state index contributed by atoms with van der Waals surface area (Å²) >= 11 is 0. The number of hydrogen-bond acceptors (Lipinski definition) is 4. The van der Waals surface area contributed by atoms with Crippen molar-refractivity contribution in [1.29, 1.82) is 0 Å². The zero-order chi connectivity index (χ0) is 14.1. The smallest absolute Gasteiger partial charge is 0.221 e. The van der Waals surface area contributed by atoms with E-state index >= 15 is 0 Å². The predicted octanol–water partition coefficient (Wildman–Crippen LogP) is -0.0358. The molecule has 6 nitrogen and oxygen atoms in total. The molecule has 0 bridgehead atoms. The third-order valence-electron chi connectivity index (χ3n) is 3.20. The first kappa shape index (κ1) is 16.4. The van der Waals surface area contributed by atoms with E-state index in [4.69, 9.17) is 0 Å². The van der Waals surface area contributed by atoms with Crippen LogP contribution in [0.25, 0.3) is 0 Å². The van der Waals surface area contributed by atoms with Gasteiger partial charge in [-0.25, -0.2) is 13.1 Å². The Morgan fingerprint density at radius 3 is 2.79 bits per heavy atom. The quantitative estimate of drug-likeness (QED) is 0.586. The predicted molar refractivity (Wildman–Crippen MR) is 75.3 cm³/mol. The van der Waals surface area contributed by atoms with Gasteiger partial charge in [-0.1, -0.05) is 6.42 Å². The molecule has 1 atom stereocenters. The van der Waals surface area contributed by atoms with Gasteiger partial charge in [-0.3, -0.25) is 4.79 Å². The molecule has 7 heteroatoms. The van der Waals surface area contributed by atoms with E-state index in [-0.39, 0.29) is 24.6 Å². The highest BCUT2D eigenvalue weighted by atomic mass is 32.2. The summed E-state index contributed by atoms with van der Waals surface area (Å²) in [6.07, 6.45) is 4.22. The van der Waals surface area contributed by atoms with Crippen LogP contribution in [-0.4, -0.2) is 45.8 Å². The van der Waals surface area contributed by atoms with Crippen molar-refractivity contribution >= 4 is 15.9 Å². The lowest BCUT2D eigenvalue weighted by Gasteiger charge is -2.23. The summed E-state index contributed by atoms with van der Waals surface area (Å²) in [4.78, 5) is 11.2. The van der Waals surface area contributed by atoms with E-state index < -0.39 is 10.0 Å². The van der Waals surface area contributed by atoms with Gasteiger partial charge in [-0.05, 0) is 32.7 Å². The molecule has 1 heterocycles. The first-order chi connectivity index (χ1) is 9.03. The van der Waals surface area contributed by atoms with Crippen LogP contribution >= 0.6 is 0 Å². The molecule has 0 radical (unpaired) electrons. The average Bonchev–Trinajstić information content (AvgIpc) is 2.38. The maximum absolute atomic E-state index is 11.7. The first-order valence-corrected chi connectivity index (χ1v) is 8.66. The van der Waals surface area contributed by atoms with Gasteiger partial charge in [0.2, 0.25) is 15.9 Å². The fraction of sp³-hybridized carbons (Fsp3) is 0.917. The molecule has 1 rings (SSSR count). The third-order valence-corrected chi connectivity index (χ3v) is 4.61. The molecule has 1 fully saturated rings. The summed E-state index contributed by atoms with van der Waals surface area (Å²) in [7, 11) is -3.26. The molecule has 19 heavy (non-hydrogen) atoms. The molecule has 1 aliphatic heterocycles. The zero-order valence-electron chi connectivity index (χ0n) is 11.6. The topological polar surface area (TPSA) is 87.3 Å². The maximum Gasteiger partial charge on any atom is 0.221 e. The summed E-state index contributed by atoms with van der Waals surface area (Å²) in [5, 5.41) is 5.96. The van der Waals surface area contributed by atoms with Gasteiger partial charge in [0.1, 0.15) is 0 Å². The summed E-state index contributed by atoms with van der Waals surface area (Å²) in [6.45, 7) is 3.56. The van der Waals surface area contributed by atoms with Crippen molar-refractivity contribution in [2.24, 2.45) is 0 Å². The van der Waals surface area contributed by atoms with E-state index in [9.17, 15) is 13.2 Å². The van der Waals surface area contributed by atoms with Crippen LogP contribution in [0.5, 0.6) is 0 Å². The molecule has 112 valence electrons. The molecule has 1 amide bonds. The highest BCUT2D eigenvalue weighted by Crippen LogP contribution is 2.10. The van der Waals surface area contributed by atoms with Crippen LogP contribution in [0.2, 0.25) is 0 Å². The van der Waals surface area contributed by atoms with Gasteiger partial charge in [0.25, 0.3) is 0 Å². The summed E-state index contributed by atoms with van der Waals surface area (Å²) in [5.41, 5.74) is 0. The highest BCUT2D eigenvalue weighted by molar-refractivity contribution is 7.89. The normalized spacial score (nSPS) is 20.2. The molecule has 0 spiro atoms. The first-order valence-electron chi connectivity index (χ1n) is 7.01. The fourth-order valence-electron chi connectivity index (χ4n) is 2.15. The van der Waals surface area contributed by atoms with Gasteiger partial charge >= 0.3 is 0 Å². The minimum atomic E-state index is -3.26. The van der Waals surface area contributed by atoms with Crippen molar-refractivity contribution in [2.75, 3.05) is 25.4 Å². The lowest BCUT2D eigenvalue weighted by molar-refractivity contribution is -0.120. The second-order valence-corrected chi connectivity index (χ2v) is 6.78. The second-order valence-electron chi connectivity index (χ2n) is 4.85. The standard InChI is InChI=1S/C12H25N3O3S/c1-2-13-12(16)6-9-15-19(17,18)10-7-11-5-3-4-8-14-11/h11,14-15H,2-10H2,1H3,(H,13,16). The van der Waals surface area contributed by atoms with E-state index in [1.165, 1.54) is 12.8 Å². The Hall–Kier alpha value is -0.660. The van der Waals surface area contributed by atoms with E-state index in [2.05, 4.69) is 15.4 Å². The molecule has 1 unspecified atom stereocenters. The van der Waals surface area contributed by atoms with Crippen molar-refractivity contribution in [1.82, 2.24) is 15.4 Å². The van der Waals surface area contributed by atoms with Crippen molar-refractivity contribution in [2.45, 2.75) is 45.1 Å². The average molecular weight is 291 g/mol. The molecule has 0 aliphatic carbocycles. The van der Waals surface area contributed by atoms with Crippen molar-refractivity contribution in [3.05, 3.63) is 0 Å². The van der Waals surface area contributed by atoms with E-state index in [1.54, 1.807) is 0 Å². The zero-order valence-corrected chi connectivity index (χ0v) is 12.4. The summed E-state index contributed by atoms with van der Waals surface area (Å²) < 4.78 is 26.0. The van der Waals surface area contributed by atoms with Crippen LogP contribution < -0.4 is 15.4 Å². The molecular weight excluding hydrogens is 266 g/mol. The molecular formula is C12H25N3O3S. The minimum absolute atomic E-state index is 0.125. The number of piperidine rings is 1. The number of nitrogens with one attached hydrogen (secondary N) is 3. The van der Waals surface area contributed by atoms with Crippen molar-refractivity contribution < 1.29 is 13.2 Å². The van der Waals surface area contributed by atoms with Crippen molar-refractivity contribution in [3.63, 3.8) is 0 Å². The Morgan fingerprint density at radius 1 is 1.37 bits per heavy atom. The van der Waals surface area contributed by atoms with Gasteiger partial charge in [-0.2, -0.15) is 0 Å². The number of amides is 1. The van der Waals surface area contributed by atoms with Gasteiger partial charge < -0.3 is 10.6 Å². The fourth-order valence-corrected chi connectivity index (χ4v) is 3.30. The molecule has 0 aromatic heterocycles.